The molecule has 7 heteroatoms. The van der Waals surface area contributed by atoms with E-state index in [1.807, 2.05) is 40.9 Å². The van der Waals surface area contributed by atoms with Crippen LogP contribution in [0.25, 0.3) is 11.4 Å². The number of nitrogens with one attached hydrogen (secondary N) is 1. The molecule has 146 valence electrons. The van der Waals surface area contributed by atoms with Crippen LogP contribution in [-0.2, 0) is 11.8 Å². The van der Waals surface area contributed by atoms with Gasteiger partial charge in [0.05, 0.1) is 24.9 Å². The summed E-state index contributed by atoms with van der Waals surface area (Å²) in [5.41, 5.74) is 2.35. The molecule has 1 N–H and O–H groups in total. The molecule has 0 aromatic carbocycles. The Morgan fingerprint density at radius 2 is 2.19 bits per heavy atom. The van der Waals surface area contributed by atoms with E-state index < -0.39 is 0 Å². The number of H-pyrrole nitrogens is 1. The predicted octanol–water partition coefficient (Wildman–Crippen LogP) is 1.84. The number of aryl methyl sites for hydroxylation is 1. The standard InChI is InChI=1S/C20H29N5O2/c1-14(2)8-24-9-15-10-25(11-16(24)13-27-12-15)20(26)18-7-17(21-22-18)19-5-4-6-23(19)3/h4-7,14-16H,8-13H2,1-3H3,(H,21,22)/t15-,16+/m1/s1. The summed E-state index contributed by atoms with van der Waals surface area (Å²) < 4.78 is 7.87. The van der Waals surface area contributed by atoms with E-state index in [1.54, 1.807) is 0 Å². The summed E-state index contributed by atoms with van der Waals surface area (Å²) in [5, 5.41) is 7.31. The number of amides is 1. The summed E-state index contributed by atoms with van der Waals surface area (Å²) >= 11 is 0. The van der Waals surface area contributed by atoms with Crippen LogP contribution >= 0.6 is 0 Å². The zero-order chi connectivity index (χ0) is 19.0. The molecule has 0 aliphatic carbocycles. The van der Waals surface area contributed by atoms with E-state index in [1.165, 1.54) is 0 Å². The molecule has 1 amide bonds. The molecule has 0 spiro atoms. The summed E-state index contributed by atoms with van der Waals surface area (Å²) in [4.78, 5) is 17.7. The minimum absolute atomic E-state index is 0.0336. The molecule has 2 saturated heterocycles. The van der Waals surface area contributed by atoms with E-state index in [0.29, 0.717) is 30.7 Å². The average Bonchev–Trinajstić information content (AvgIpc) is 3.16. The second-order valence-corrected chi connectivity index (χ2v) is 8.29. The van der Waals surface area contributed by atoms with Crippen LogP contribution in [0.3, 0.4) is 0 Å². The lowest BCUT2D eigenvalue weighted by Gasteiger charge is -2.31. The Hall–Kier alpha value is -2.12. The SMILES string of the molecule is CC(C)CN1C[C@H]2COC[C@@H]1CN(C(=O)c1cc(-c3cccn3C)n[nH]1)C2. The first kappa shape index (κ1) is 18.3. The van der Waals surface area contributed by atoms with Crippen molar-refractivity contribution in [2.24, 2.45) is 18.9 Å². The maximum atomic E-state index is 13.2. The highest BCUT2D eigenvalue weighted by Gasteiger charge is 2.35. The van der Waals surface area contributed by atoms with Crippen molar-refractivity contribution in [3.8, 4) is 11.4 Å². The third-order valence-corrected chi connectivity index (χ3v) is 5.48. The van der Waals surface area contributed by atoms with Crippen LogP contribution < -0.4 is 0 Å². The molecule has 2 aromatic rings. The van der Waals surface area contributed by atoms with E-state index in [-0.39, 0.29) is 11.9 Å². The molecule has 7 nitrogen and oxygen atoms in total. The highest BCUT2D eigenvalue weighted by atomic mass is 16.5. The summed E-state index contributed by atoms with van der Waals surface area (Å²) in [6.45, 7) is 9.42. The molecule has 2 fully saturated rings. The molecule has 0 radical (unpaired) electrons. The van der Waals surface area contributed by atoms with E-state index in [9.17, 15) is 4.79 Å². The van der Waals surface area contributed by atoms with Gasteiger partial charge in [0.2, 0.25) is 0 Å². The second kappa shape index (κ2) is 7.48. The van der Waals surface area contributed by atoms with Gasteiger partial charge in [-0.3, -0.25) is 14.8 Å². The van der Waals surface area contributed by atoms with Crippen LogP contribution in [-0.4, -0.2) is 75.9 Å². The predicted molar refractivity (Wildman–Crippen MR) is 103 cm³/mol. The fourth-order valence-corrected chi connectivity index (χ4v) is 4.25. The van der Waals surface area contributed by atoms with Gasteiger partial charge in [-0.25, -0.2) is 0 Å². The highest BCUT2D eigenvalue weighted by Crippen LogP contribution is 2.23. The summed E-state index contributed by atoms with van der Waals surface area (Å²) in [7, 11) is 1.98. The van der Waals surface area contributed by atoms with Crippen LogP contribution in [0.5, 0.6) is 0 Å². The Bertz CT molecular complexity index is 796. The number of fused-ring (bicyclic) bond motifs is 3. The Morgan fingerprint density at radius 3 is 2.93 bits per heavy atom. The molecule has 27 heavy (non-hydrogen) atoms. The van der Waals surface area contributed by atoms with Gasteiger partial charge in [-0.15, -0.1) is 0 Å². The lowest BCUT2D eigenvalue weighted by atomic mass is 10.1. The zero-order valence-corrected chi connectivity index (χ0v) is 16.4. The Labute approximate surface area is 160 Å². The lowest BCUT2D eigenvalue weighted by molar-refractivity contribution is 0.0400. The molecule has 4 rings (SSSR count). The van der Waals surface area contributed by atoms with Gasteiger partial charge in [0.15, 0.2) is 0 Å². The van der Waals surface area contributed by atoms with Crippen molar-refractivity contribution in [3.05, 3.63) is 30.1 Å². The fourth-order valence-electron chi connectivity index (χ4n) is 4.25. The van der Waals surface area contributed by atoms with Crippen molar-refractivity contribution in [3.63, 3.8) is 0 Å². The third-order valence-electron chi connectivity index (χ3n) is 5.48. The van der Waals surface area contributed by atoms with Gasteiger partial charge in [0.25, 0.3) is 5.91 Å². The quantitative estimate of drug-likeness (QED) is 0.891. The molecule has 0 unspecified atom stereocenters. The zero-order valence-electron chi connectivity index (χ0n) is 16.4. The van der Waals surface area contributed by atoms with Crippen molar-refractivity contribution in [1.29, 1.82) is 0 Å². The number of aromatic amines is 1. The fraction of sp³-hybridized carbons (Fsp3) is 0.600. The molecular weight excluding hydrogens is 342 g/mol. The van der Waals surface area contributed by atoms with Gasteiger partial charge in [-0.2, -0.15) is 5.10 Å². The van der Waals surface area contributed by atoms with Crippen molar-refractivity contribution < 1.29 is 9.53 Å². The number of aromatic nitrogens is 3. The van der Waals surface area contributed by atoms with Crippen molar-refractivity contribution in [1.82, 2.24) is 24.6 Å². The molecule has 4 heterocycles. The summed E-state index contributed by atoms with van der Waals surface area (Å²) in [6.07, 6.45) is 1.98. The first-order chi connectivity index (χ1) is 13.0. The average molecular weight is 371 g/mol. The van der Waals surface area contributed by atoms with Crippen LogP contribution in [0.1, 0.15) is 24.3 Å². The number of hydrogen-bond donors (Lipinski definition) is 1. The Morgan fingerprint density at radius 1 is 1.33 bits per heavy atom. The highest BCUT2D eigenvalue weighted by molar-refractivity contribution is 5.93. The summed E-state index contributed by atoms with van der Waals surface area (Å²) in [5.74, 6) is 0.996. The van der Waals surface area contributed by atoms with Crippen molar-refractivity contribution >= 4 is 5.91 Å². The minimum Gasteiger partial charge on any atom is -0.379 e. The number of ether oxygens (including phenoxy) is 1. The number of carbonyl (C=O) groups excluding carboxylic acids is 1. The van der Waals surface area contributed by atoms with Gasteiger partial charge < -0.3 is 14.2 Å². The van der Waals surface area contributed by atoms with Gasteiger partial charge in [0, 0.05) is 45.3 Å². The van der Waals surface area contributed by atoms with Gasteiger partial charge >= 0.3 is 0 Å². The largest absolute Gasteiger partial charge is 0.379 e. The minimum atomic E-state index is 0.0336. The van der Waals surface area contributed by atoms with E-state index >= 15 is 0 Å². The van der Waals surface area contributed by atoms with E-state index in [4.69, 9.17) is 4.74 Å². The monoisotopic (exact) mass is 371 g/mol. The number of hydrogen-bond acceptors (Lipinski definition) is 4. The van der Waals surface area contributed by atoms with E-state index in [0.717, 1.165) is 37.6 Å². The van der Waals surface area contributed by atoms with Crippen LogP contribution in [0, 0.1) is 11.8 Å². The second-order valence-electron chi connectivity index (χ2n) is 8.29. The molecule has 2 aromatic heterocycles. The van der Waals surface area contributed by atoms with Gasteiger partial charge in [-0.1, -0.05) is 13.8 Å². The maximum Gasteiger partial charge on any atom is 0.271 e. The number of nitrogens with zero attached hydrogens (tertiary/aromatic N) is 4. The molecular formula is C20H29N5O2. The maximum absolute atomic E-state index is 13.2. The first-order valence-corrected chi connectivity index (χ1v) is 9.79. The number of rotatable bonds is 4. The Balaban J connectivity index is 1.52. The Kier molecular flexibility index (Phi) is 5.06. The van der Waals surface area contributed by atoms with E-state index in [2.05, 4.69) is 28.9 Å². The van der Waals surface area contributed by atoms with Gasteiger partial charge in [0.1, 0.15) is 11.4 Å². The lowest BCUT2D eigenvalue weighted by Crippen LogP contribution is -2.46. The van der Waals surface area contributed by atoms with Crippen molar-refractivity contribution in [2.75, 3.05) is 39.4 Å². The first-order valence-electron chi connectivity index (χ1n) is 9.79. The topological polar surface area (TPSA) is 66.4 Å². The molecule has 2 aliphatic heterocycles. The van der Waals surface area contributed by atoms with Crippen LogP contribution in [0.4, 0.5) is 0 Å². The van der Waals surface area contributed by atoms with Crippen LogP contribution in [0.2, 0.25) is 0 Å². The number of carbonyl (C=O) groups is 1. The third kappa shape index (κ3) is 3.80. The molecule has 2 bridgehead atoms. The molecule has 2 aliphatic rings. The van der Waals surface area contributed by atoms with Crippen LogP contribution in [0.15, 0.2) is 24.4 Å². The molecule has 0 saturated carbocycles. The smallest absolute Gasteiger partial charge is 0.271 e. The normalized spacial score (nSPS) is 23.6. The van der Waals surface area contributed by atoms with Crippen molar-refractivity contribution in [2.45, 2.75) is 19.9 Å². The van der Waals surface area contributed by atoms with Gasteiger partial charge in [-0.05, 0) is 24.1 Å². The molecule has 2 atom stereocenters. The summed E-state index contributed by atoms with van der Waals surface area (Å²) in [6, 6.07) is 6.10.